The highest BCUT2D eigenvalue weighted by molar-refractivity contribution is 5.80. The van der Waals surface area contributed by atoms with E-state index in [1.165, 1.54) is 13.8 Å². The molecule has 2 unspecified atom stereocenters. The summed E-state index contributed by atoms with van der Waals surface area (Å²) in [6, 6.07) is 0. The summed E-state index contributed by atoms with van der Waals surface area (Å²) in [5.41, 5.74) is -0.00106. The van der Waals surface area contributed by atoms with Crippen molar-refractivity contribution in [1.29, 1.82) is 0 Å². The van der Waals surface area contributed by atoms with Gasteiger partial charge >= 0.3 is 6.18 Å². The van der Waals surface area contributed by atoms with Crippen LogP contribution in [-0.4, -0.2) is 24.9 Å². The molecule has 0 aromatic rings. The maximum atomic E-state index is 13.9. The lowest BCUT2D eigenvalue weighted by Crippen LogP contribution is -2.31. The summed E-state index contributed by atoms with van der Waals surface area (Å²) in [4.78, 5) is 4.04. The lowest BCUT2D eigenvalue weighted by molar-refractivity contribution is -0.0857. The summed E-state index contributed by atoms with van der Waals surface area (Å²) in [6.45, 7) is 10.8. The van der Waals surface area contributed by atoms with Gasteiger partial charge in [0.2, 0.25) is 5.92 Å². The second kappa shape index (κ2) is 13.0. The molecule has 0 aromatic carbocycles. The number of allylic oxidation sites excluding steroid dienone is 3. The highest BCUT2D eigenvalue weighted by Crippen LogP contribution is 2.32. The zero-order valence-electron chi connectivity index (χ0n) is 18.6. The predicted molar refractivity (Wildman–Crippen MR) is 111 cm³/mol. The van der Waals surface area contributed by atoms with Crippen molar-refractivity contribution < 1.29 is 22.0 Å². The molecule has 29 heavy (non-hydrogen) atoms. The molecule has 0 fully saturated rings. The summed E-state index contributed by atoms with van der Waals surface area (Å²) < 4.78 is 66.5. The Bertz CT molecular complexity index is 562. The van der Waals surface area contributed by atoms with Crippen molar-refractivity contribution in [2.24, 2.45) is 16.8 Å². The first-order chi connectivity index (χ1) is 13.4. The van der Waals surface area contributed by atoms with Crippen LogP contribution in [0.1, 0.15) is 80.1 Å². The van der Waals surface area contributed by atoms with Crippen molar-refractivity contribution in [3.63, 3.8) is 0 Å². The van der Waals surface area contributed by atoms with Crippen molar-refractivity contribution in [3.8, 4) is 0 Å². The largest absolute Gasteiger partial charge is 0.417 e. The summed E-state index contributed by atoms with van der Waals surface area (Å²) in [6.07, 6.45) is 0.227. The molecule has 2 nitrogen and oxygen atoms in total. The van der Waals surface area contributed by atoms with Crippen molar-refractivity contribution >= 4 is 6.21 Å². The van der Waals surface area contributed by atoms with Gasteiger partial charge < -0.3 is 5.32 Å². The zero-order valence-corrected chi connectivity index (χ0v) is 18.6. The number of hydrogen-bond donors (Lipinski definition) is 1. The summed E-state index contributed by atoms with van der Waals surface area (Å²) >= 11 is 0. The number of nitrogens with one attached hydrogen (secondary N) is 1. The van der Waals surface area contributed by atoms with Crippen LogP contribution in [0.15, 0.2) is 28.0 Å². The minimum atomic E-state index is -4.46. The highest BCUT2D eigenvalue weighted by atomic mass is 19.4. The van der Waals surface area contributed by atoms with Crippen molar-refractivity contribution in [2.45, 2.75) is 92.2 Å². The Morgan fingerprint density at radius 1 is 1.10 bits per heavy atom. The third-order valence-electron chi connectivity index (χ3n) is 5.31. The number of aliphatic imine (C=N–C) groups is 1. The van der Waals surface area contributed by atoms with Crippen molar-refractivity contribution in [2.75, 3.05) is 6.54 Å². The number of rotatable bonds is 13. The Balaban J connectivity index is 5.40. The Morgan fingerprint density at radius 3 is 2.17 bits per heavy atom. The summed E-state index contributed by atoms with van der Waals surface area (Å²) in [5.74, 6) is -2.54. The second-order valence-corrected chi connectivity index (χ2v) is 7.66. The van der Waals surface area contributed by atoms with Crippen LogP contribution in [-0.2, 0) is 0 Å². The van der Waals surface area contributed by atoms with Crippen LogP contribution in [0.2, 0.25) is 0 Å². The van der Waals surface area contributed by atoms with Gasteiger partial charge in [0.1, 0.15) is 5.82 Å². The molecule has 0 saturated heterocycles. The van der Waals surface area contributed by atoms with Crippen LogP contribution < -0.4 is 5.32 Å². The molecule has 2 atom stereocenters. The van der Waals surface area contributed by atoms with E-state index >= 15 is 0 Å². The van der Waals surface area contributed by atoms with Crippen molar-refractivity contribution in [3.05, 3.63) is 23.0 Å². The molecule has 0 aromatic heterocycles. The first-order valence-corrected chi connectivity index (χ1v) is 10.5. The summed E-state index contributed by atoms with van der Waals surface area (Å²) in [5, 5.41) is 3.14. The minimum Gasteiger partial charge on any atom is -0.370 e. The molecule has 0 saturated carbocycles. The van der Waals surface area contributed by atoms with E-state index in [0.717, 1.165) is 37.1 Å². The van der Waals surface area contributed by atoms with E-state index in [-0.39, 0.29) is 24.7 Å². The molecule has 0 aliphatic carbocycles. The maximum Gasteiger partial charge on any atom is 0.417 e. The molecule has 7 heteroatoms. The van der Waals surface area contributed by atoms with Gasteiger partial charge in [-0.25, -0.2) is 13.8 Å². The average Bonchev–Trinajstić information content (AvgIpc) is 2.64. The molecule has 170 valence electrons. The van der Waals surface area contributed by atoms with Gasteiger partial charge in [-0.3, -0.25) is 0 Å². The fraction of sp³-hybridized carbons (Fsp3) is 0.773. The van der Waals surface area contributed by atoms with Crippen LogP contribution in [0.25, 0.3) is 0 Å². The monoisotopic (exact) mass is 424 g/mol. The quantitative estimate of drug-likeness (QED) is 0.238. The molecular formula is C22H37F5N2. The SMILES string of the molecule is C\C=C(/C=N\C(NCC(CCCC)C(C)CC(F)(F)CC)=C(\C)CC)C(F)(F)F. The number of nitrogens with zero attached hydrogens (tertiary/aromatic N) is 1. The smallest absolute Gasteiger partial charge is 0.370 e. The van der Waals surface area contributed by atoms with Gasteiger partial charge in [0.05, 0.1) is 5.57 Å². The fourth-order valence-electron chi connectivity index (χ4n) is 2.98. The van der Waals surface area contributed by atoms with E-state index in [2.05, 4.69) is 10.3 Å². The average molecular weight is 425 g/mol. The van der Waals surface area contributed by atoms with Crippen LogP contribution in [0.5, 0.6) is 0 Å². The maximum absolute atomic E-state index is 13.9. The zero-order chi connectivity index (χ0) is 22.7. The number of hydrogen-bond acceptors (Lipinski definition) is 2. The number of alkyl halides is 5. The molecule has 0 amide bonds. The van der Waals surface area contributed by atoms with E-state index < -0.39 is 17.7 Å². The Kier molecular flexibility index (Phi) is 12.4. The molecule has 0 bridgehead atoms. The van der Waals surface area contributed by atoms with Gasteiger partial charge in [-0.1, -0.05) is 46.6 Å². The minimum absolute atomic E-state index is 0.00830. The second-order valence-electron chi connectivity index (χ2n) is 7.66. The van der Waals surface area contributed by atoms with Crippen LogP contribution in [0.3, 0.4) is 0 Å². The number of unbranched alkanes of at least 4 members (excludes halogenated alkanes) is 1. The normalized spacial score (nSPS) is 16.7. The third-order valence-corrected chi connectivity index (χ3v) is 5.31. The number of halogens is 5. The van der Waals surface area contributed by atoms with E-state index in [1.54, 1.807) is 6.92 Å². The van der Waals surface area contributed by atoms with Gasteiger partial charge in [-0.2, -0.15) is 13.2 Å². The van der Waals surface area contributed by atoms with Crippen LogP contribution in [0.4, 0.5) is 22.0 Å². The Labute approximate surface area is 172 Å². The summed E-state index contributed by atoms with van der Waals surface area (Å²) in [7, 11) is 0. The lowest BCUT2D eigenvalue weighted by Gasteiger charge is -2.28. The van der Waals surface area contributed by atoms with Gasteiger partial charge in [0.25, 0.3) is 0 Å². The molecule has 0 spiro atoms. The standard InChI is InChI=1S/C22H37F5N2/c1-7-11-12-18(17(6)13-21(23,24)10-4)14-28-20(16(5)8-2)29-15-19(9-3)22(25,26)27/h9,15,17-18,28H,7-8,10-14H2,1-6H3/b19-9+,20-16-,29-15-. The molecule has 0 rings (SSSR count). The Morgan fingerprint density at radius 2 is 1.72 bits per heavy atom. The van der Waals surface area contributed by atoms with Gasteiger partial charge in [-0.15, -0.1) is 0 Å². The molecule has 0 heterocycles. The van der Waals surface area contributed by atoms with E-state index in [1.807, 2.05) is 20.8 Å². The highest BCUT2D eigenvalue weighted by Gasteiger charge is 2.33. The van der Waals surface area contributed by atoms with Crippen LogP contribution >= 0.6 is 0 Å². The van der Waals surface area contributed by atoms with Crippen LogP contribution in [0, 0.1) is 11.8 Å². The van der Waals surface area contributed by atoms with Gasteiger partial charge in [-0.05, 0) is 44.1 Å². The first kappa shape index (κ1) is 27.6. The molecule has 1 N–H and O–H groups in total. The lowest BCUT2D eigenvalue weighted by atomic mass is 9.84. The van der Waals surface area contributed by atoms with Crippen molar-refractivity contribution in [1.82, 2.24) is 5.32 Å². The Hall–Kier alpha value is -1.40. The third kappa shape index (κ3) is 10.8. The molecule has 0 aliphatic rings. The van der Waals surface area contributed by atoms with Gasteiger partial charge in [0, 0.05) is 25.6 Å². The molecule has 0 radical (unpaired) electrons. The fourth-order valence-corrected chi connectivity index (χ4v) is 2.98. The predicted octanol–water partition coefficient (Wildman–Crippen LogP) is 7.67. The molecular weight excluding hydrogens is 387 g/mol. The van der Waals surface area contributed by atoms with E-state index in [4.69, 9.17) is 0 Å². The topological polar surface area (TPSA) is 24.4 Å². The van der Waals surface area contributed by atoms with E-state index in [9.17, 15) is 22.0 Å². The van der Waals surface area contributed by atoms with E-state index in [0.29, 0.717) is 18.8 Å². The molecule has 0 aliphatic heterocycles. The van der Waals surface area contributed by atoms with Gasteiger partial charge in [0.15, 0.2) is 0 Å². The first-order valence-electron chi connectivity index (χ1n) is 10.5.